The summed E-state index contributed by atoms with van der Waals surface area (Å²) in [5.41, 5.74) is 5.53. The zero-order chi connectivity index (χ0) is 10.6. The summed E-state index contributed by atoms with van der Waals surface area (Å²) in [6, 6.07) is 0.339. The van der Waals surface area contributed by atoms with E-state index in [1.165, 1.54) is 6.42 Å². The molecule has 1 atom stereocenters. The SMILES string of the molecule is CC(C)CCC(C)n1nnnc1CN. The van der Waals surface area contributed by atoms with Crippen LogP contribution in [0.15, 0.2) is 0 Å². The van der Waals surface area contributed by atoms with Crippen LogP contribution in [0.4, 0.5) is 0 Å². The first kappa shape index (κ1) is 11.1. The van der Waals surface area contributed by atoms with Crippen molar-refractivity contribution in [3.05, 3.63) is 5.82 Å². The highest BCUT2D eigenvalue weighted by atomic mass is 15.5. The maximum Gasteiger partial charge on any atom is 0.165 e. The van der Waals surface area contributed by atoms with Gasteiger partial charge >= 0.3 is 0 Å². The van der Waals surface area contributed by atoms with Crippen LogP contribution in [0.1, 0.15) is 45.5 Å². The highest BCUT2D eigenvalue weighted by Crippen LogP contribution is 2.16. The Bertz CT molecular complexity index is 268. The zero-order valence-electron chi connectivity index (χ0n) is 9.14. The van der Waals surface area contributed by atoms with Crippen molar-refractivity contribution in [2.75, 3.05) is 0 Å². The molecule has 0 spiro atoms. The molecular weight excluding hydrogens is 178 g/mol. The van der Waals surface area contributed by atoms with E-state index in [1.807, 2.05) is 4.68 Å². The van der Waals surface area contributed by atoms with Gasteiger partial charge in [-0.05, 0) is 36.1 Å². The number of hydrogen-bond donors (Lipinski definition) is 1. The minimum absolute atomic E-state index is 0.339. The number of rotatable bonds is 5. The van der Waals surface area contributed by atoms with Crippen LogP contribution in [0, 0.1) is 5.92 Å². The molecule has 1 rings (SSSR count). The minimum atomic E-state index is 0.339. The van der Waals surface area contributed by atoms with Crippen molar-refractivity contribution >= 4 is 0 Å². The summed E-state index contributed by atoms with van der Waals surface area (Å²) in [6.45, 7) is 6.96. The second-order valence-electron chi connectivity index (χ2n) is 4.06. The molecule has 0 aromatic carbocycles. The fraction of sp³-hybridized carbons (Fsp3) is 0.889. The molecule has 0 aliphatic heterocycles. The van der Waals surface area contributed by atoms with E-state index in [1.54, 1.807) is 0 Å². The molecule has 1 heterocycles. The van der Waals surface area contributed by atoms with E-state index >= 15 is 0 Å². The third-order valence-corrected chi connectivity index (χ3v) is 2.32. The van der Waals surface area contributed by atoms with Crippen LogP contribution < -0.4 is 5.73 Å². The standard InChI is InChI=1S/C9H19N5/c1-7(2)4-5-8(3)14-9(6-10)11-12-13-14/h7-8H,4-6,10H2,1-3H3. The Morgan fingerprint density at radius 2 is 2.00 bits per heavy atom. The third-order valence-electron chi connectivity index (χ3n) is 2.32. The van der Waals surface area contributed by atoms with Gasteiger partial charge in [0.1, 0.15) is 0 Å². The van der Waals surface area contributed by atoms with E-state index in [4.69, 9.17) is 5.73 Å². The maximum atomic E-state index is 5.53. The number of aromatic nitrogens is 4. The first-order chi connectivity index (χ1) is 6.65. The normalized spacial score (nSPS) is 13.5. The zero-order valence-corrected chi connectivity index (χ0v) is 9.14. The molecule has 80 valence electrons. The molecule has 2 N–H and O–H groups in total. The van der Waals surface area contributed by atoms with Crippen LogP contribution in [0.3, 0.4) is 0 Å². The molecule has 0 fully saturated rings. The van der Waals surface area contributed by atoms with Crippen LogP contribution >= 0.6 is 0 Å². The molecule has 5 nitrogen and oxygen atoms in total. The van der Waals surface area contributed by atoms with Gasteiger partial charge in [0.2, 0.25) is 0 Å². The lowest BCUT2D eigenvalue weighted by atomic mass is 10.0. The third kappa shape index (κ3) is 2.77. The summed E-state index contributed by atoms with van der Waals surface area (Å²) in [7, 11) is 0. The van der Waals surface area contributed by atoms with Crippen molar-refractivity contribution in [1.82, 2.24) is 20.2 Å². The summed E-state index contributed by atoms with van der Waals surface area (Å²) in [4.78, 5) is 0. The van der Waals surface area contributed by atoms with E-state index in [0.717, 1.165) is 18.2 Å². The molecule has 0 aliphatic carbocycles. The van der Waals surface area contributed by atoms with Crippen molar-refractivity contribution in [1.29, 1.82) is 0 Å². The monoisotopic (exact) mass is 197 g/mol. The molecule has 14 heavy (non-hydrogen) atoms. The molecule has 0 radical (unpaired) electrons. The molecule has 0 amide bonds. The van der Waals surface area contributed by atoms with Crippen molar-refractivity contribution < 1.29 is 0 Å². The first-order valence-electron chi connectivity index (χ1n) is 5.12. The van der Waals surface area contributed by atoms with E-state index in [0.29, 0.717) is 12.6 Å². The van der Waals surface area contributed by atoms with Gasteiger partial charge in [-0.15, -0.1) is 5.10 Å². The summed E-state index contributed by atoms with van der Waals surface area (Å²) in [5, 5.41) is 11.4. The van der Waals surface area contributed by atoms with E-state index in [9.17, 15) is 0 Å². The summed E-state index contributed by atoms with van der Waals surface area (Å²) >= 11 is 0. The predicted octanol–water partition coefficient (Wildman–Crippen LogP) is 1.13. The molecule has 0 bridgehead atoms. The average Bonchev–Trinajstić information content (AvgIpc) is 2.61. The van der Waals surface area contributed by atoms with Crippen LogP contribution in [-0.2, 0) is 6.54 Å². The number of hydrogen-bond acceptors (Lipinski definition) is 4. The van der Waals surface area contributed by atoms with Crippen molar-refractivity contribution in [2.24, 2.45) is 11.7 Å². The Hall–Kier alpha value is -0.970. The van der Waals surface area contributed by atoms with Crippen molar-refractivity contribution in [2.45, 2.75) is 46.2 Å². The molecule has 0 saturated heterocycles. The van der Waals surface area contributed by atoms with Gasteiger partial charge < -0.3 is 5.73 Å². The lowest BCUT2D eigenvalue weighted by Crippen LogP contribution is -2.14. The number of tetrazole rings is 1. The molecule has 1 aromatic heterocycles. The van der Waals surface area contributed by atoms with E-state index in [-0.39, 0.29) is 0 Å². The van der Waals surface area contributed by atoms with Crippen LogP contribution in [-0.4, -0.2) is 20.2 Å². The lowest BCUT2D eigenvalue weighted by Gasteiger charge is -2.13. The second-order valence-corrected chi connectivity index (χ2v) is 4.06. The van der Waals surface area contributed by atoms with Gasteiger partial charge in [0, 0.05) is 0 Å². The molecule has 0 saturated carbocycles. The topological polar surface area (TPSA) is 69.6 Å². The summed E-state index contributed by atoms with van der Waals surface area (Å²) in [5.74, 6) is 1.48. The highest BCUT2D eigenvalue weighted by molar-refractivity contribution is 4.81. The first-order valence-corrected chi connectivity index (χ1v) is 5.12. The molecular formula is C9H19N5. The fourth-order valence-electron chi connectivity index (χ4n) is 1.39. The number of nitrogens with zero attached hydrogens (tertiary/aromatic N) is 4. The molecule has 1 unspecified atom stereocenters. The Kier molecular flexibility index (Phi) is 4.00. The maximum absolute atomic E-state index is 5.53. The largest absolute Gasteiger partial charge is 0.324 e. The molecule has 0 aliphatic rings. The minimum Gasteiger partial charge on any atom is -0.324 e. The fourth-order valence-corrected chi connectivity index (χ4v) is 1.39. The van der Waals surface area contributed by atoms with Crippen LogP contribution in [0.25, 0.3) is 0 Å². The number of nitrogens with two attached hydrogens (primary N) is 1. The Labute approximate surface area is 84.7 Å². The van der Waals surface area contributed by atoms with Gasteiger partial charge in [-0.1, -0.05) is 13.8 Å². The van der Waals surface area contributed by atoms with Gasteiger partial charge in [0.05, 0.1) is 12.6 Å². The Morgan fingerprint density at radius 1 is 1.29 bits per heavy atom. The van der Waals surface area contributed by atoms with Gasteiger partial charge in [-0.3, -0.25) is 0 Å². The summed E-state index contributed by atoms with van der Waals surface area (Å²) < 4.78 is 1.82. The van der Waals surface area contributed by atoms with E-state index in [2.05, 4.69) is 36.3 Å². The van der Waals surface area contributed by atoms with Gasteiger partial charge in [-0.25, -0.2) is 4.68 Å². The second kappa shape index (κ2) is 5.05. The highest BCUT2D eigenvalue weighted by Gasteiger charge is 2.11. The summed E-state index contributed by atoms with van der Waals surface area (Å²) in [6.07, 6.45) is 2.28. The predicted molar refractivity (Wildman–Crippen MR) is 54.5 cm³/mol. The average molecular weight is 197 g/mol. The van der Waals surface area contributed by atoms with E-state index < -0.39 is 0 Å². The molecule has 1 aromatic rings. The Morgan fingerprint density at radius 3 is 2.57 bits per heavy atom. The van der Waals surface area contributed by atoms with Crippen LogP contribution in [0.5, 0.6) is 0 Å². The quantitative estimate of drug-likeness (QED) is 0.768. The van der Waals surface area contributed by atoms with Gasteiger partial charge in [-0.2, -0.15) is 0 Å². The van der Waals surface area contributed by atoms with Gasteiger partial charge in [0.15, 0.2) is 5.82 Å². The van der Waals surface area contributed by atoms with Gasteiger partial charge in [0.25, 0.3) is 0 Å². The Balaban J connectivity index is 2.55. The molecule has 5 heteroatoms. The smallest absolute Gasteiger partial charge is 0.165 e. The van der Waals surface area contributed by atoms with Crippen LogP contribution in [0.2, 0.25) is 0 Å². The lowest BCUT2D eigenvalue weighted by molar-refractivity contribution is 0.394. The van der Waals surface area contributed by atoms with Crippen molar-refractivity contribution in [3.63, 3.8) is 0 Å². The van der Waals surface area contributed by atoms with Crippen molar-refractivity contribution in [3.8, 4) is 0 Å².